The summed E-state index contributed by atoms with van der Waals surface area (Å²) in [5.41, 5.74) is 1.72. The molecule has 0 saturated carbocycles. The zero-order chi connectivity index (χ0) is 27.0. The number of benzene rings is 3. The molecule has 38 heavy (non-hydrogen) atoms. The van der Waals surface area contributed by atoms with Crippen LogP contribution in [0.2, 0.25) is 5.02 Å². The van der Waals surface area contributed by atoms with Gasteiger partial charge in [0, 0.05) is 22.5 Å². The molecule has 3 aromatic carbocycles. The van der Waals surface area contributed by atoms with Gasteiger partial charge >= 0.3 is 0 Å². The standard InChI is InChI=1S/C28H26ClF2N5O2/c1-5-35-26(33-34-27(35)28(2,3)38-25-22(30)13-20(29)14-23(25)31)18-8-11-24-19(12-18)15-32-36(24)16-17-6-9-21(37-4)10-7-17/h6-15H,5,16H2,1-4H3. The second kappa shape index (κ2) is 10.1. The van der Waals surface area contributed by atoms with Gasteiger partial charge in [-0.15, -0.1) is 10.2 Å². The second-order valence-corrected chi connectivity index (χ2v) is 9.76. The number of rotatable bonds is 8. The van der Waals surface area contributed by atoms with Crippen molar-refractivity contribution in [2.75, 3.05) is 7.11 Å². The number of fused-ring (bicyclic) bond motifs is 1. The van der Waals surface area contributed by atoms with Crippen molar-refractivity contribution in [2.24, 2.45) is 0 Å². The van der Waals surface area contributed by atoms with Gasteiger partial charge in [0.1, 0.15) is 5.75 Å². The van der Waals surface area contributed by atoms with E-state index in [1.807, 2.05) is 64.8 Å². The van der Waals surface area contributed by atoms with E-state index >= 15 is 0 Å². The second-order valence-electron chi connectivity index (χ2n) is 9.33. The summed E-state index contributed by atoms with van der Waals surface area (Å²) in [6.07, 6.45) is 1.81. The maximum atomic E-state index is 14.4. The normalized spacial score (nSPS) is 11.8. The lowest BCUT2D eigenvalue weighted by molar-refractivity contribution is 0.0827. The van der Waals surface area contributed by atoms with E-state index in [2.05, 4.69) is 15.3 Å². The summed E-state index contributed by atoms with van der Waals surface area (Å²) >= 11 is 5.75. The van der Waals surface area contributed by atoms with Gasteiger partial charge < -0.3 is 14.0 Å². The van der Waals surface area contributed by atoms with E-state index in [-0.39, 0.29) is 5.02 Å². The average Bonchev–Trinajstić information content (AvgIpc) is 3.51. The third-order valence-electron chi connectivity index (χ3n) is 6.32. The first-order valence-electron chi connectivity index (χ1n) is 12.1. The van der Waals surface area contributed by atoms with Crippen LogP contribution in [0, 0.1) is 11.6 Å². The minimum absolute atomic E-state index is 0.0492. The highest BCUT2D eigenvalue weighted by atomic mass is 35.5. The summed E-state index contributed by atoms with van der Waals surface area (Å²) < 4.78 is 43.7. The molecule has 2 heterocycles. The highest BCUT2D eigenvalue weighted by Gasteiger charge is 2.33. The van der Waals surface area contributed by atoms with Crippen LogP contribution >= 0.6 is 11.6 Å². The highest BCUT2D eigenvalue weighted by molar-refractivity contribution is 6.30. The Hall–Kier alpha value is -3.98. The Morgan fingerprint density at radius 3 is 2.34 bits per heavy atom. The molecule has 2 aromatic heterocycles. The molecule has 196 valence electrons. The van der Waals surface area contributed by atoms with Gasteiger partial charge in [-0.2, -0.15) is 5.10 Å². The van der Waals surface area contributed by atoms with E-state index in [9.17, 15) is 8.78 Å². The first-order chi connectivity index (χ1) is 18.2. The fourth-order valence-electron chi connectivity index (χ4n) is 4.44. The van der Waals surface area contributed by atoms with Gasteiger partial charge in [0.25, 0.3) is 0 Å². The summed E-state index contributed by atoms with van der Waals surface area (Å²) in [6, 6.07) is 15.8. The largest absolute Gasteiger partial charge is 0.497 e. The Balaban J connectivity index is 1.45. The van der Waals surface area contributed by atoms with Crippen LogP contribution in [0.1, 0.15) is 32.2 Å². The summed E-state index contributed by atoms with van der Waals surface area (Å²) in [5, 5.41) is 14.2. The molecule has 0 N–H and O–H groups in total. The zero-order valence-corrected chi connectivity index (χ0v) is 22.1. The van der Waals surface area contributed by atoms with Crippen LogP contribution in [0.25, 0.3) is 22.3 Å². The van der Waals surface area contributed by atoms with E-state index in [0.717, 1.165) is 39.9 Å². The fraction of sp³-hybridized carbons (Fsp3) is 0.250. The minimum Gasteiger partial charge on any atom is -0.497 e. The quantitative estimate of drug-likeness (QED) is 0.222. The SMILES string of the molecule is CCn1c(-c2ccc3c(cnn3Cc3ccc(OC)cc3)c2)nnc1C(C)(C)Oc1c(F)cc(Cl)cc1F. The topological polar surface area (TPSA) is 67.0 Å². The van der Waals surface area contributed by atoms with Gasteiger partial charge in [-0.1, -0.05) is 23.7 Å². The Bertz CT molecular complexity index is 1590. The first kappa shape index (κ1) is 25.7. The first-order valence-corrected chi connectivity index (χ1v) is 12.4. The van der Waals surface area contributed by atoms with E-state index in [1.165, 1.54) is 0 Å². The summed E-state index contributed by atoms with van der Waals surface area (Å²) in [5.74, 6) is -0.441. The van der Waals surface area contributed by atoms with Crippen molar-refractivity contribution in [1.29, 1.82) is 0 Å². The van der Waals surface area contributed by atoms with Crippen LogP contribution in [-0.4, -0.2) is 31.7 Å². The number of methoxy groups -OCH3 is 1. The van der Waals surface area contributed by atoms with E-state index in [1.54, 1.807) is 21.0 Å². The fourth-order valence-corrected chi connectivity index (χ4v) is 4.64. The van der Waals surface area contributed by atoms with Crippen molar-refractivity contribution < 1.29 is 18.3 Å². The molecule has 0 aliphatic heterocycles. The lowest BCUT2D eigenvalue weighted by atomic mass is 10.1. The Kier molecular flexibility index (Phi) is 6.79. The summed E-state index contributed by atoms with van der Waals surface area (Å²) in [7, 11) is 1.64. The van der Waals surface area contributed by atoms with E-state index in [4.69, 9.17) is 21.1 Å². The number of hydrogen-bond donors (Lipinski definition) is 0. The molecular formula is C28H26ClF2N5O2. The number of ether oxygens (including phenoxy) is 2. The van der Waals surface area contributed by atoms with Gasteiger partial charge in [-0.25, -0.2) is 8.78 Å². The number of hydrogen-bond acceptors (Lipinski definition) is 5. The summed E-state index contributed by atoms with van der Waals surface area (Å²) in [6.45, 7) is 6.46. The molecule has 0 unspecified atom stereocenters. The monoisotopic (exact) mass is 537 g/mol. The van der Waals surface area contributed by atoms with Crippen molar-refractivity contribution in [2.45, 2.75) is 39.5 Å². The number of nitrogens with zero attached hydrogens (tertiary/aromatic N) is 5. The molecule has 0 aliphatic rings. The third kappa shape index (κ3) is 4.81. The number of aromatic nitrogens is 5. The van der Waals surface area contributed by atoms with Crippen LogP contribution in [0.15, 0.2) is 60.8 Å². The molecule has 0 bridgehead atoms. The average molecular weight is 538 g/mol. The van der Waals surface area contributed by atoms with Gasteiger partial charge in [-0.05, 0) is 68.8 Å². The lowest BCUT2D eigenvalue weighted by Gasteiger charge is -2.26. The van der Waals surface area contributed by atoms with Crippen LogP contribution < -0.4 is 9.47 Å². The highest BCUT2D eigenvalue weighted by Crippen LogP contribution is 2.34. The molecule has 5 aromatic rings. The van der Waals surface area contributed by atoms with Crippen molar-refractivity contribution in [3.8, 4) is 22.9 Å². The van der Waals surface area contributed by atoms with Crippen molar-refractivity contribution in [3.63, 3.8) is 0 Å². The van der Waals surface area contributed by atoms with Crippen molar-refractivity contribution in [3.05, 3.63) is 88.8 Å². The maximum absolute atomic E-state index is 14.4. The Morgan fingerprint density at radius 2 is 1.68 bits per heavy atom. The van der Waals surface area contributed by atoms with Crippen molar-refractivity contribution in [1.82, 2.24) is 24.5 Å². The summed E-state index contributed by atoms with van der Waals surface area (Å²) in [4.78, 5) is 0. The molecule has 5 rings (SSSR count). The molecule has 0 saturated heterocycles. The van der Waals surface area contributed by atoms with E-state index < -0.39 is 23.0 Å². The molecule has 0 amide bonds. The Labute approximate surface area is 223 Å². The van der Waals surface area contributed by atoms with Crippen LogP contribution in [0.5, 0.6) is 11.5 Å². The number of halogens is 3. The zero-order valence-electron chi connectivity index (χ0n) is 21.4. The molecular weight excluding hydrogens is 512 g/mol. The van der Waals surface area contributed by atoms with Gasteiger partial charge in [0.15, 0.2) is 34.6 Å². The molecule has 0 fully saturated rings. The lowest BCUT2D eigenvalue weighted by Crippen LogP contribution is -2.30. The predicted octanol–water partition coefficient (Wildman–Crippen LogP) is 6.62. The molecule has 0 radical (unpaired) electrons. The molecule has 0 spiro atoms. The molecule has 7 nitrogen and oxygen atoms in total. The van der Waals surface area contributed by atoms with Crippen molar-refractivity contribution >= 4 is 22.5 Å². The van der Waals surface area contributed by atoms with Gasteiger partial charge in [0.2, 0.25) is 0 Å². The van der Waals surface area contributed by atoms with Crippen LogP contribution in [0.3, 0.4) is 0 Å². The van der Waals surface area contributed by atoms with Crippen LogP contribution in [0.4, 0.5) is 8.78 Å². The smallest absolute Gasteiger partial charge is 0.192 e. The van der Waals surface area contributed by atoms with Gasteiger partial charge in [-0.3, -0.25) is 4.68 Å². The predicted molar refractivity (Wildman–Crippen MR) is 142 cm³/mol. The Morgan fingerprint density at radius 1 is 0.974 bits per heavy atom. The maximum Gasteiger partial charge on any atom is 0.192 e. The molecule has 0 aliphatic carbocycles. The molecule has 10 heteroatoms. The van der Waals surface area contributed by atoms with Gasteiger partial charge in [0.05, 0.1) is 25.4 Å². The third-order valence-corrected chi connectivity index (χ3v) is 6.54. The van der Waals surface area contributed by atoms with Crippen LogP contribution in [-0.2, 0) is 18.7 Å². The minimum atomic E-state index is -1.19. The molecule has 0 atom stereocenters. The van der Waals surface area contributed by atoms with E-state index in [0.29, 0.717) is 24.7 Å².